The van der Waals surface area contributed by atoms with Gasteiger partial charge in [0.05, 0.1) is 11.6 Å². The van der Waals surface area contributed by atoms with Gasteiger partial charge >= 0.3 is 0 Å². The first-order chi connectivity index (χ1) is 11.6. The largest absolute Gasteiger partial charge is 0.412 e. The van der Waals surface area contributed by atoms with Gasteiger partial charge in [-0.1, -0.05) is 36.4 Å². The van der Waals surface area contributed by atoms with Crippen LogP contribution in [0.15, 0.2) is 54.6 Å². The van der Waals surface area contributed by atoms with Crippen LogP contribution in [0.4, 0.5) is 5.69 Å². The molecule has 0 aliphatic carbocycles. The SMILES string of the molecule is Cn1nc(C(=O)C(C#N)C(=O)Nc2ccccc2)c2ccccc21.O. The third kappa shape index (κ3) is 3.39. The number of Topliss-reactive ketones (excluding diaryl/α,β-unsaturated/α-hetero) is 1. The number of nitriles is 1. The van der Waals surface area contributed by atoms with Gasteiger partial charge < -0.3 is 10.8 Å². The van der Waals surface area contributed by atoms with Crippen molar-refractivity contribution in [1.29, 1.82) is 5.26 Å². The van der Waals surface area contributed by atoms with Crippen molar-refractivity contribution in [3.8, 4) is 6.07 Å². The van der Waals surface area contributed by atoms with Crippen LogP contribution in [0.25, 0.3) is 10.9 Å². The van der Waals surface area contributed by atoms with Crippen LogP contribution >= 0.6 is 0 Å². The van der Waals surface area contributed by atoms with E-state index in [2.05, 4.69) is 10.4 Å². The maximum absolute atomic E-state index is 12.7. The summed E-state index contributed by atoms with van der Waals surface area (Å²) in [5, 5.41) is 16.7. The summed E-state index contributed by atoms with van der Waals surface area (Å²) in [4.78, 5) is 25.0. The number of carbonyl (C=O) groups excluding carboxylic acids is 2. The Bertz CT molecular complexity index is 957. The second-order valence-electron chi connectivity index (χ2n) is 5.27. The molecule has 1 aromatic heterocycles. The molecule has 0 saturated carbocycles. The minimum atomic E-state index is -1.46. The van der Waals surface area contributed by atoms with E-state index in [1.54, 1.807) is 54.2 Å². The summed E-state index contributed by atoms with van der Waals surface area (Å²) in [5.74, 6) is -2.73. The van der Waals surface area contributed by atoms with Gasteiger partial charge in [0.2, 0.25) is 11.7 Å². The number of rotatable bonds is 4. The van der Waals surface area contributed by atoms with Gasteiger partial charge in [-0.3, -0.25) is 14.3 Å². The number of aryl methyl sites for hydroxylation is 1. The molecule has 0 aliphatic heterocycles. The Labute approximate surface area is 143 Å². The predicted octanol–water partition coefficient (Wildman–Crippen LogP) is 1.71. The number of ketones is 1. The van der Waals surface area contributed by atoms with Crippen LogP contribution in [0.3, 0.4) is 0 Å². The highest BCUT2D eigenvalue weighted by molar-refractivity contribution is 6.18. The van der Waals surface area contributed by atoms with Crippen LogP contribution < -0.4 is 5.32 Å². The number of benzene rings is 2. The second kappa shape index (κ2) is 7.38. The maximum Gasteiger partial charge on any atom is 0.249 e. The Kier molecular flexibility index (Phi) is 5.27. The molecule has 3 rings (SSSR count). The molecule has 0 saturated heterocycles. The summed E-state index contributed by atoms with van der Waals surface area (Å²) in [6.45, 7) is 0. The number of para-hydroxylation sites is 2. The number of aromatic nitrogens is 2. The lowest BCUT2D eigenvalue weighted by atomic mass is 10.00. The molecular weight excluding hydrogens is 320 g/mol. The number of nitrogens with one attached hydrogen (secondary N) is 1. The van der Waals surface area contributed by atoms with Gasteiger partial charge in [0.1, 0.15) is 5.69 Å². The van der Waals surface area contributed by atoms with Gasteiger partial charge in [-0.05, 0) is 18.2 Å². The summed E-state index contributed by atoms with van der Waals surface area (Å²) in [6.07, 6.45) is 0. The van der Waals surface area contributed by atoms with E-state index in [0.717, 1.165) is 5.52 Å². The molecule has 0 spiro atoms. The van der Waals surface area contributed by atoms with Crippen LogP contribution in [0.2, 0.25) is 0 Å². The molecular formula is C18H16N4O3. The molecule has 2 aromatic carbocycles. The van der Waals surface area contributed by atoms with E-state index in [9.17, 15) is 14.9 Å². The maximum atomic E-state index is 12.7. The quantitative estimate of drug-likeness (QED) is 0.576. The molecule has 1 atom stereocenters. The average Bonchev–Trinajstić information content (AvgIpc) is 2.94. The van der Waals surface area contributed by atoms with Crippen molar-refractivity contribution in [2.75, 3.05) is 5.32 Å². The van der Waals surface area contributed by atoms with Crippen molar-refractivity contribution >= 4 is 28.3 Å². The summed E-state index contributed by atoms with van der Waals surface area (Å²) in [6, 6.07) is 17.7. The number of hydrogen-bond donors (Lipinski definition) is 1. The zero-order valence-corrected chi connectivity index (χ0v) is 13.4. The van der Waals surface area contributed by atoms with E-state index >= 15 is 0 Å². The molecule has 7 heteroatoms. The van der Waals surface area contributed by atoms with E-state index in [1.165, 1.54) is 0 Å². The zero-order valence-electron chi connectivity index (χ0n) is 13.4. The lowest BCUT2D eigenvalue weighted by Crippen LogP contribution is -2.29. The van der Waals surface area contributed by atoms with Crippen molar-refractivity contribution in [3.63, 3.8) is 0 Å². The van der Waals surface area contributed by atoms with Crippen LogP contribution in [0.5, 0.6) is 0 Å². The molecule has 25 heavy (non-hydrogen) atoms. The molecule has 3 N–H and O–H groups in total. The molecule has 1 unspecified atom stereocenters. The fraction of sp³-hybridized carbons (Fsp3) is 0.111. The monoisotopic (exact) mass is 336 g/mol. The normalized spacial score (nSPS) is 11.2. The minimum Gasteiger partial charge on any atom is -0.412 e. The Morgan fingerprint density at radius 2 is 1.76 bits per heavy atom. The van der Waals surface area contributed by atoms with E-state index in [-0.39, 0.29) is 11.2 Å². The molecule has 1 heterocycles. The molecule has 126 valence electrons. The van der Waals surface area contributed by atoms with E-state index in [1.807, 2.05) is 18.2 Å². The Hall–Kier alpha value is -3.50. The highest BCUT2D eigenvalue weighted by atomic mass is 16.2. The lowest BCUT2D eigenvalue weighted by Gasteiger charge is -2.08. The third-order valence-corrected chi connectivity index (χ3v) is 3.69. The molecule has 1 amide bonds. The molecule has 0 radical (unpaired) electrons. The minimum absolute atomic E-state index is 0. The number of carbonyl (C=O) groups is 2. The van der Waals surface area contributed by atoms with E-state index in [0.29, 0.717) is 11.1 Å². The van der Waals surface area contributed by atoms with Crippen LogP contribution in [-0.2, 0) is 11.8 Å². The van der Waals surface area contributed by atoms with Gasteiger partial charge in [0, 0.05) is 18.1 Å². The number of anilines is 1. The highest BCUT2D eigenvalue weighted by Crippen LogP contribution is 2.21. The first kappa shape index (κ1) is 17.8. The van der Waals surface area contributed by atoms with Crippen molar-refractivity contribution < 1.29 is 15.1 Å². The Morgan fingerprint density at radius 3 is 2.44 bits per heavy atom. The zero-order chi connectivity index (χ0) is 17.1. The standard InChI is InChI=1S/C18H14N4O2.H2O/c1-22-15-10-6-5-9-13(15)16(21-22)17(23)14(11-19)18(24)20-12-7-3-2-4-8-12;/h2-10,14H,1H3,(H,20,24);1H2. The first-order valence-corrected chi connectivity index (χ1v) is 7.33. The number of fused-ring (bicyclic) bond motifs is 1. The fourth-order valence-electron chi connectivity index (χ4n) is 2.50. The highest BCUT2D eigenvalue weighted by Gasteiger charge is 2.31. The van der Waals surface area contributed by atoms with E-state index < -0.39 is 17.6 Å². The first-order valence-electron chi connectivity index (χ1n) is 7.33. The van der Waals surface area contributed by atoms with Crippen LogP contribution in [-0.4, -0.2) is 26.9 Å². The van der Waals surface area contributed by atoms with Gasteiger partial charge in [0.25, 0.3) is 0 Å². The summed E-state index contributed by atoms with van der Waals surface area (Å²) in [7, 11) is 1.71. The molecule has 7 nitrogen and oxygen atoms in total. The summed E-state index contributed by atoms with van der Waals surface area (Å²) < 4.78 is 1.56. The van der Waals surface area contributed by atoms with Gasteiger partial charge in [0.15, 0.2) is 5.92 Å². The van der Waals surface area contributed by atoms with Gasteiger partial charge in [-0.25, -0.2) is 0 Å². The van der Waals surface area contributed by atoms with Crippen molar-refractivity contribution in [1.82, 2.24) is 9.78 Å². The summed E-state index contributed by atoms with van der Waals surface area (Å²) in [5.41, 5.74) is 1.42. The van der Waals surface area contributed by atoms with Gasteiger partial charge in [-0.2, -0.15) is 10.4 Å². The molecule has 0 fully saturated rings. The van der Waals surface area contributed by atoms with Crippen molar-refractivity contribution in [2.45, 2.75) is 0 Å². The average molecular weight is 336 g/mol. The lowest BCUT2D eigenvalue weighted by molar-refractivity contribution is -0.117. The van der Waals surface area contributed by atoms with E-state index in [4.69, 9.17) is 0 Å². The topological polar surface area (TPSA) is 119 Å². The Balaban J connectivity index is 0.00000225. The summed E-state index contributed by atoms with van der Waals surface area (Å²) >= 11 is 0. The molecule has 0 bridgehead atoms. The molecule has 3 aromatic rings. The molecule has 0 aliphatic rings. The van der Waals surface area contributed by atoms with Crippen LogP contribution in [0, 0.1) is 17.2 Å². The number of amides is 1. The van der Waals surface area contributed by atoms with Crippen LogP contribution in [0.1, 0.15) is 10.5 Å². The number of hydrogen-bond acceptors (Lipinski definition) is 4. The Morgan fingerprint density at radius 1 is 1.12 bits per heavy atom. The smallest absolute Gasteiger partial charge is 0.249 e. The predicted molar refractivity (Wildman–Crippen MR) is 92.8 cm³/mol. The van der Waals surface area contributed by atoms with Gasteiger partial charge in [-0.15, -0.1) is 0 Å². The number of nitrogens with zero attached hydrogens (tertiary/aromatic N) is 3. The van der Waals surface area contributed by atoms with Crippen molar-refractivity contribution in [3.05, 3.63) is 60.3 Å². The fourth-order valence-corrected chi connectivity index (χ4v) is 2.50. The second-order valence-corrected chi connectivity index (χ2v) is 5.27. The third-order valence-electron chi connectivity index (χ3n) is 3.69. The van der Waals surface area contributed by atoms with Crippen molar-refractivity contribution in [2.24, 2.45) is 13.0 Å².